The van der Waals surface area contributed by atoms with Crippen molar-refractivity contribution < 1.29 is 9.47 Å². The van der Waals surface area contributed by atoms with Crippen LogP contribution in [0.1, 0.15) is 85.1 Å². The predicted octanol–water partition coefficient (Wildman–Crippen LogP) is 7.35. The normalized spacial score (nSPS) is 22.4. The molecule has 1 saturated carbocycles. The first-order chi connectivity index (χ1) is 12.8. The van der Waals surface area contributed by atoms with E-state index < -0.39 is 0 Å². The summed E-state index contributed by atoms with van der Waals surface area (Å²) in [5, 5.41) is 0. The Kier molecular flexibility index (Phi) is 7.97. The Labute approximate surface area is 167 Å². The first kappa shape index (κ1) is 22.0. The maximum absolute atomic E-state index is 6.40. The van der Waals surface area contributed by atoms with Crippen molar-refractivity contribution in [3.63, 3.8) is 0 Å². The van der Waals surface area contributed by atoms with Crippen LogP contribution in [0.5, 0.6) is 5.75 Å². The molecule has 1 fully saturated rings. The molecular weight excluding hydrogens is 332 g/mol. The smallest absolute Gasteiger partial charge is 0.209 e. The molecule has 2 nitrogen and oxygen atoms in total. The van der Waals surface area contributed by atoms with E-state index in [2.05, 4.69) is 65.5 Å². The van der Waals surface area contributed by atoms with Gasteiger partial charge in [-0.05, 0) is 74.5 Å². The molecule has 1 aliphatic rings. The zero-order valence-electron chi connectivity index (χ0n) is 18.4. The molecule has 0 bridgehead atoms. The summed E-state index contributed by atoms with van der Waals surface area (Å²) < 4.78 is 12.5. The molecule has 1 aromatic rings. The van der Waals surface area contributed by atoms with Gasteiger partial charge in [0.2, 0.25) is 6.29 Å². The molecule has 3 atom stereocenters. The van der Waals surface area contributed by atoms with Crippen LogP contribution < -0.4 is 4.74 Å². The second kappa shape index (κ2) is 9.78. The molecule has 2 heteroatoms. The number of hydrogen-bond donors (Lipinski definition) is 0. The molecule has 0 amide bonds. The van der Waals surface area contributed by atoms with Gasteiger partial charge in [0.1, 0.15) is 5.75 Å². The van der Waals surface area contributed by atoms with Crippen LogP contribution >= 0.6 is 0 Å². The minimum atomic E-state index is -0.245. The molecule has 0 aromatic heterocycles. The largest absolute Gasteiger partial charge is 0.464 e. The highest BCUT2D eigenvalue weighted by Crippen LogP contribution is 2.49. The van der Waals surface area contributed by atoms with Crippen LogP contribution in [0.2, 0.25) is 0 Å². The van der Waals surface area contributed by atoms with Crippen molar-refractivity contribution >= 4 is 0 Å². The fourth-order valence-electron chi connectivity index (χ4n) is 4.60. The molecule has 0 spiro atoms. The maximum Gasteiger partial charge on any atom is 0.209 e. The predicted molar refractivity (Wildman–Crippen MR) is 115 cm³/mol. The van der Waals surface area contributed by atoms with Gasteiger partial charge in [-0.2, -0.15) is 0 Å². The van der Waals surface area contributed by atoms with Gasteiger partial charge >= 0.3 is 0 Å². The van der Waals surface area contributed by atoms with Gasteiger partial charge in [-0.3, -0.25) is 0 Å². The molecule has 27 heavy (non-hydrogen) atoms. The first-order valence-corrected chi connectivity index (χ1v) is 10.9. The van der Waals surface area contributed by atoms with Gasteiger partial charge < -0.3 is 9.47 Å². The zero-order chi connectivity index (χ0) is 20.0. The van der Waals surface area contributed by atoms with Gasteiger partial charge in [0.05, 0.1) is 5.41 Å². The first-order valence-electron chi connectivity index (χ1n) is 10.9. The molecule has 2 rings (SSSR count). The minimum Gasteiger partial charge on any atom is -0.464 e. The van der Waals surface area contributed by atoms with E-state index in [-0.39, 0.29) is 11.7 Å². The molecule has 1 aliphatic carbocycles. The number of rotatable bonds is 10. The van der Waals surface area contributed by atoms with E-state index in [4.69, 9.17) is 9.47 Å². The van der Waals surface area contributed by atoms with Crippen LogP contribution in [-0.2, 0) is 4.74 Å². The molecule has 0 aliphatic heterocycles. The van der Waals surface area contributed by atoms with Gasteiger partial charge in [-0.25, -0.2) is 0 Å². The Morgan fingerprint density at radius 1 is 1.07 bits per heavy atom. The molecule has 0 radical (unpaired) electrons. The Hall–Kier alpha value is -1.28. The highest BCUT2D eigenvalue weighted by molar-refractivity contribution is 5.30. The molecule has 3 unspecified atom stereocenters. The van der Waals surface area contributed by atoms with Gasteiger partial charge in [-0.1, -0.05) is 58.9 Å². The summed E-state index contributed by atoms with van der Waals surface area (Å²) >= 11 is 0. The Bertz CT molecular complexity index is 587. The van der Waals surface area contributed by atoms with E-state index in [9.17, 15) is 0 Å². The van der Waals surface area contributed by atoms with Gasteiger partial charge in [0.25, 0.3) is 0 Å². The molecular formula is C25H40O2. The van der Waals surface area contributed by atoms with Crippen molar-refractivity contribution in [2.24, 2.45) is 17.3 Å². The van der Waals surface area contributed by atoms with Crippen LogP contribution in [-0.4, -0.2) is 12.9 Å². The second-order valence-corrected chi connectivity index (χ2v) is 8.92. The van der Waals surface area contributed by atoms with Crippen molar-refractivity contribution in [1.29, 1.82) is 0 Å². The van der Waals surface area contributed by atoms with E-state index in [1.54, 1.807) is 0 Å². The lowest BCUT2D eigenvalue weighted by molar-refractivity contribution is -0.141. The third-order valence-electron chi connectivity index (χ3n) is 6.29. The Balaban J connectivity index is 2.18. The zero-order valence-corrected chi connectivity index (χ0v) is 18.4. The molecule has 152 valence electrons. The van der Waals surface area contributed by atoms with Crippen molar-refractivity contribution in [1.82, 2.24) is 0 Å². The van der Waals surface area contributed by atoms with Gasteiger partial charge in [-0.15, -0.1) is 0 Å². The fraction of sp³-hybridized carbons (Fsp3) is 0.680. The SMILES string of the molecule is C=C1CCCC1(CC)C(OCC)Oc1ccc(C(CC(C)C)C(C)C)cc1. The lowest BCUT2D eigenvalue weighted by Gasteiger charge is -2.37. The van der Waals surface area contributed by atoms with Crippen LogP contribution in [0.4, 0.5) is 0 Å². The van der Waals surface area contributed by atoms with E-state index in [0.717, 1.165) is 25.0 Å². The van der Waals surface area contributed by atoms with E-state index in [1.807, 2.05) is 6.92 Å². The number of hydrogen-bond acceptors (Lipinski definition) is 2. The van der Waals surface area contributed by atoms with Gasteiger partial charge in [0, 0.05) is 6.61 Å². The molecule has 0 N–H and O–H groups in total. The van der Waals surface area contributed by atoms with Crippen molar-refractivity contribution in [3.8, 4) is 5.75 Å². The summed E-state index contributed by atoms with van der Waals surface area (Å²) in [6.07, 6.45) is 5.37. The average Bonchev–Trinajstić information content (AvgIpc) is 3.01. The topological polar surface area (TPSA) is 18.5 Å². The third kappa shape index (κ3) is 5.16. The molecule has 1 aromatic carbocycles. The summed E-state index contributed by atoms with van der Waals surface area (Å²) in [5.41, 5.74) is 2.65. The summed E-state index contributed by atoms with van der Waals surface area (Å²) in [4.78, 5) is 0. The number of benzene rings is 1. The Morgan fingerprint density at radius 3 is 2.19 bits per heavy atom. The fourth-order valence-corrected chi connectivity index (χ4v) is 4.60. The second-order valence-electron chi connectivity index (χ2n) is 8.92. The maximum atomic E-state index is 6.40. The van der Waals surface area contributed by atoms with Crippen molar-refractivity contribution in [2.45, 2.75) is 85.9 Å². The summed E-state index contributed by atoms with van der Waals surface area (Å²) in [6, 6.07) is 8.73. The standard InChI is InChI=1S/C25H40O2/c1-8-25(16-10-11-20(25)7)24(26-9-2)27-22-14-12-21(13-15-22)23(19(5)6)17-18(3)4/h12-15,18-19,23-24H,7-11,16-17H2,1-6H3. The van der Waals surface area contributed by atoms with E-state index in [1.165, 1.54) is 24.0 Å². The Morgan fingerprint density at radius 2 is 1.74 bits per heavy atom. The summed E-state index contributed by atoms with van der Waals surface area (Å²) in [7, 11) is 0. The quantitative estimate of drug-likeness (QED) is 0.316. The van der Waals surface area contributed by atoms with Crippen molar-refractivity contribution in [2.75, 3.05) is 6.61 Å². The summed E-state index contributed by atoms with van der Waals surface area (Å²) in [6.45, 7) is 18.5. The monoisotopic (exact) mass is 372 g/mol. The van der Waals surface area contributed by atoms with Crippen molar-refractivity contribution in [3.05, 3.63) is 42.0 Å². The van der Waals surface area contributed by atoms with E-state index in [0.29, 0.717) is 24.4 Å². The van der Waals surface area contributed by atoms with Gasteiger partial charge in [0.15, 0.2) is 0 Å². The summed E-state index contributed by atoms with van der Waals surface area (Å²) in [5.74, 6) is 2.84. The lowest BCUT2D eigenvalue weighted by Crippen LogP contribution is -2.40. The lowest BCUT2D eigenvalue weighted by atomic mass is 9.79. The van der Waals surface area contributed by atoms with Crippen LogP contribution in [0, 0.1) is 17.3 Å². The highest BCUT2D eigenvalue weighted by Gasteiger charge is 2.45. The highest BCUT2D eigenvalue weighted by atomic mass is 16.7. The van der Waals surface area contributed by atoms with Crippen LogP contribution in [0.25, 0.3) is 0 Å². The van der Waals surface area contributed by atoms with E-state index >= 15 is 0 Å². The minimum absolute atomic E-state index is 0.0488. The van der Waals surface area contributed by atoms with Crippen LogP contribution in [0.3, 0.4) is 0 Å². The van der Waals surface area contributed by atoms with Crippen LogP contribution in [0.15, 0.2) is 36.4 Å². The average molecular weight is 373 g/mol. The third-order valence-corrected chi connectivity index (χ3v) is 6.29. The number of ether oxygens (including phenoxy) is 2. The molecule has 0 saturated heterocycles. The molecule has 0 heterocycles.